The summed E-state index contributed by atoms with van der Waals surface area (Å²) in [4.78, 5) is 9.27. The van der Waals surface area contributed by atoms with Gasteiger partial charge in [0.25, 0.3) is 0 Å². The first-order valence-electron chi connectivity index (χ1n) is 11.4. The van der Waals surface area contributed by atoms with Crippen LogP contribution in [0.5, 0.6) is 0 Å². The lowest BCUT2D eigenvalue weighted by molar-refractivity contribution is -0.0480. The Morgan fingerprint density at radius 3 is 2.48 bits per heavy atom. The third-order valence-electron chi connectivity index (χ3n) is 7.01. The number of rotatable bonds is 7. The van der Waals surface area contributed by atoms with Gasteiger partial charge in [-0.25, -0.2) is 4.98 Å². The van der Waals surface area contributed by atoms with Gasteiger partial charge in [-0.3, -0.25) is 4.90 Å². The number of piperidine rings is 1. The summed E-state index contributed by atoms with van der Waals surface area (Å²) in [5, 5.41) is 11.1. The fourth-order valence-electron chi connectivity index (χ4n) is 4.74. The molecule has 0 radical (unpaired) electrons. The molecule has 0 spiro atoms. The zero-order valence-corrected chi connectivity index (χ0v) is 18.8. The zero-order valence-electron chi connectivity index (χ0n) is 18.8. The van der Waals surface area contributed by atoms with Crippen LogP contribution in [0.15, 0.2) is 24.4 Å². The molecule has 0 bridgehead atoms. The lowest BCUT2D eigenvalue weighted by Crippen LogP contribution is -2.49. The van der Waals surface area contributed by atoms with Crippen molar-refractivity contribution in [3.05, 3.63) is 35.5 Å². The fraction of sp³-hybridized carbons (Fsp3) is 0.708. The highest BCUT2D eigenvalue weighted by molar-refractivity contribution is 5.42. The molecule has 3 rings (SSSR count). The van der Waals surface area contributed by atoms with Crippen molar-refractivity contribution < 1.29 is 5.11 Å². The van der Waals surface area contributed by atoms with E-state index in [1.54, 1.807) is 0 Å². The predicted molar refractivity (Wildman–Crippen MR) is 121 cm³/mol. The van der Waals surface area contributed by atoms with E-state index < -0.39 is 6.23 Å². The topological polar surface area (TPSA) is 65.6 Å². The Kier molecular flexibility index (Phi) is 7.36. The largest absolute Gasteiger partial charge is 0.383 e. The van der Waals surface area contributed by atoms with Gasteiger partial charge in [-0.15, -0.1) is 0 Å². The molecule has 1 aromatic heterocycles. The maximum absolute atomic E-state index is 11.1. The summed E-state index contributed by atoms with van der Waals surface area (Å²) in [6, 6.07) is 2.84. The molecule has 0 amide bonds. The standard InChI is InChI=1S/C24H40N4O/c1-5-19(8-11-24(3,4)20-16-18(2)22(25)26-17-20)23(29)28-14-9-21(10-15-28)27-12-6-7-13-27/h8,11,16-17,19,21,23,29H,5-7,9-10,12-15H2,1-4H3,(H2,25,26)/b11-8-. The Morgan fingerprint density at radius 1 is 1.24 bits per heavy atom. The second-order valence-corrected chi connectivity index (χ2v) is 9.50. The van der Waals surface area contributed by atoms with Crippen molar-refractivity contribution in [1.82, 2.24) is 14.8 Å². The Labute approximate surface area is 177 Å². The molecule has 3 heterocycles. The highest BCUT2D eigenvalue weighted by Crippen LogP contribution is 2.29. The number of aryl methyl sites for hydroxylation is 1. The van der Waals surface area contributed by atoms with Gasteiger partial charge in [0.1, 0.15) is 12.0 Å². The van der Waals surface area contributed by atoms with Crippen molar-refractivity contribution in [3.63, 3.8) is 0 Å². The van der Waals surface area contributed by atoms with Gasteiger partial charge in [-0.05, 0) is 63.2 Å². The molecule has 0 saturated carbocycles. The third-order valence-corrected chi connectivity index (χ3v) is 7.01. The normalized spacial score (nSPS) is 22.4. The number of hydrogen-bond acceptors (Lipinski definition) is 5. The molecular weight excluding hydrogens is 360 g/mol. The number of nitrogens with two attached hydrogens (primary N) is 1. The second-order valence-electron chi connectivity index (χ2n) is 9.50. The molecule has 2 saturated heterocycles. The van der Waals surface area contributed by atoms with Gasteiger partial charge < -0.3 is 15.7 Å². The quantitative estimate of drug-likeness (QED) is 0.683. The average molecular weight is 401 g/mol. The number of aliphatic hydroxyl groups excluding tert-OH is 1. The maximum atomic E-state index is 11.1. The van der Waals surface area contributed by atoms with E-state index in [9.17, 15) is 5.11 Å². The number of nitrogens with zero attached hydrogens (tertiary/aromatic N) is 3. The fourth-order valence-corrected chi connectivity index (χ4v) is 4.74. The minimum absolute atomic E-state index is 0.139. The van der Waals surface area contributed by atoms with Gasteiger partial charge in [0.2, 0.25) is 0 Å². The molecule has 5 nitrogen and oxygen atoms in total. The van der Waals surface area contributed by atoms with Crippen LogP contribution in [0.25, 0.3) is 0 Å². The molecule has 5 heteroatoms. The molecule has 29 heavy (non-hydrogen) atoms. The monoisotopic (exact) mass is 400 g/mol. The third kappa shape index (κ3) is 5.39. The summed E-state index contributed by atoms with van der Waals surface area (Å²) in [5.74, 6) is 0.730. The summed E-state index contributed by atoms with van der Waals surface area (Å²) in [5.41, 5.74) is 7.89. The van der Waals surface area contributed by atoms with Crippen molar-refractivity contribution in [1.29, 1.82) is 0 Å². The summed E-state index contributed by atoms with van der Waals surface area (Å²) in [6.07, 6.45) is 11.9. The summed E-state index contributed by atoms with van der Waals surface area (Å²) >= 11 is 0. The van der Waals surface area contributed by atoms with Crippen molar-refractivity contribution in [2.75, 3.05) is 31.9 Å². The van der Waals surface area contributed by atoms with Crippen LogP contribution in [0.3, 0.4) is 0 Å². The molecule has 1 aromatic rings. The van der Waals surface area contributed by atoms with Crippen molar-refractivity contribution in [2.45, 2.75) is 77.5 Å². The van der Waals surface area contributed by atoms with E-state index in [4.69, 9.17) is 5.73 Å². The van der Waals surface area contributed by atoms with Gasteiger partial charge in [0.15, 0.2) is 0 Å². The SMILES string of the molecule is CCC(/C=C\C(C)(C)c1cnc(N)c(C)c1)C(O)N1CCC(N2CCCC2)CC1. The molecular formula is C24H40N4O. The molecule has 0 aliphatic carbocycles. The van der Waals surface area contributed by atoms with Gasteiger partial charge >= 0.3 is 0 Å². The van der Waals surface area contributed by atoms with E-state index in [0.29, 0.717) is 5.82 Å². The van der Waals surface area contributed by atoms with Crippen LogP contribution in [0.2, 0.25) is 0 Å². The van der Waals surface area contributed by atoms with Crippen molar-refractivity contribution in [3.8, 4) is 0 Å². The lowest BCUT2D eigenvalue weighted by atomic mass is 9.83. The van der Waals surface area contributed by atoms with E-state index >= 15 is 0 Å². The summed E-state index contributed by atoms with van der Waals surface area (Å²) in [7, 11) is 0. The summed E-state index contributed by atoms with van der Waals surface area (Å²) in [6.45, 7) is 13.1. The molecule has 2 unspecified atom stereocenters. The number of aliphatic hydroxyl groups is 1. The van der Waals surface area contributed by atoms with Crippen LogP contribution in [-0.4, -0.2) is 58.3 Å². The number of aromatic nitrogens is 1. The van der Waals surface area contributed by atoms with Crippen molar-refractivity contribution in [2.24, 2.45) is 5.92 Å². The number of nitrogen functional groups attached to an aromatic ring is 1. The van der Waals surface area contributed by atoms with Gasteiger partial charge in [0.05, 0.1) is 0 Å². The van der Waals surface area contributed by atoms with E-state index in [2.05, 4.69) is 53.8 Å². The molecule has 2 atom stereocenters. The Morgan fingerprint density at radius 2 is 1.90 bits per heavy atom. The van der Waals surface area contributed by atoms with Crippen LogP contribution in [-0.2, 0) is 5.41 Å². The number of hydrogen-bond donors (Lipinski definition) is 2. The average Bonchev–Trinajstić information content (AvgIpc) is 3.25. The molecule has 2 aliphatic rings. The Hall–Kier alpha value is -1.43. The first-order chi connectivity index (χ1) is 13.8. The second kappa shape index (κ2) is 9.59. The van der Waals surface area contributed by atoms with Crippen LogP contribution in [0.1, 0.15) is 64.0 Å². The summed E-state index contributed by atoms with van der Waals surface area (Å²) < 4.78 is 0. The lowest BCUT2D eigenvalue weighted by Gasteiger charge is -2.40. The molecule has 2 fully saturated rings. The minimum Gasteiger partial charge on any atom is -0.383 e. The molecule has 0 aromatic carbocycles. The first kappa shape index (κ1) is 22.3. The molecule has 3 N–H and O–H groups in total. The van der Waals surface area contributed by atoms with Crippen LogP contribution >= 0.6 is 0 Å². The highest BCUT2D eigenvalue weighted by atomic mass is 16.3. The maximum Gasteiger partial charge on any atom is 0.126 e. The van der Waals surface area contributed by atoms with Gasteiger partial charge in [0, 0.05) is 36.7 Å². The number of anilines is 1. The first-order valence-corrected chi connectivity index (χ1v) is 11.4. The van der Waals surface area contributed by atoms with Gasteiger partial charge in [-0.2, -0.15) is 0 Å². The van der Waals surface area contributed by atoms with Crippen LogP contribution in [0, 0.1) is 12.8 Å². The van der Waals surface area contributed by atoms with E-state index in [0.717, 1.165) is 36.7 Å². The zero-order chi connectivity index (χ0) is 21.0. The van der Waals surface area contributed by atoms with Crippen molar-refractivity contribution >= 4 is 5.82 Å². The predicted octanol–water partition coefficient (Wildman–Crippen LogP) is 3.71. The molecule has 162 valence electrons. The highest BCUT2D eigenvalue weighted by Gasteiger charge is 2.31. The van der Waals surface area contributed by atoms with E-state index in [-0.39, 0.29) is 11.3 Å². The molecule has 2 aliphatic heterocycles. The number of pyridine rings is 1. The number of allylic oxidation sites excluding steroid dienone is 1. The minimum atomic E-state index is -0.405. The number of likely N-dealkylation sites (tertiary alicyclic amines) is 2. The Balaban J connectivity index is 1.60. The van der Waals surface area contributed by atoms with Crippen LogP contribution < -0.4 is 5.73 Å². The van der Waals surface area contributed by atoms with E-state index in [1.807, 2.05) is 13.1 Å². The Bertz CT molecular complexity index is 688. The smallest absolute Gasteiger partial charge is 0.126 e. The van der Waals surface area contributed by atoms with Gasteiger partial charge in [-0.1, -0.05) is 39.0 Å². The van der Waals surface area contributed by atoms with E-state index in [1.165, 1.54) is 38.8 Å². The van der Waals surface area contributed by atoms with Crippen LogP contribution in [0.4, 0.5) is 5.82 Å².